The van der Waals surface area contributed by atoms with Gasteiger partial charge in [0.2, 0.25) is 5.91 Å². The van der Waals surface area contributed by atoms with Crippen molar-refractivity contribution in [3.63, 3.8) is 0 Å². The summed E-state index contributed by atoms with van der Waals surface area (Å²) in [6.07, 6.45) is 1.44. The summed E-state index contributed by atoms with van der Waals surface area (Å²) < 4.78 is 17.2. The zero-order chi connectivity index (χ0) is 22.4. The van der Waals surface area contributed by atoms with E-state index in [1.54, 1.807) is 19.1 Å². The van der Waals surface area contributed by atoms with E-state index in [1.807, 2.05) is 43.3 Å². The number of carbonyl (C=O) groups excluding carboxylic acids is 1. The highest BCUT2D eigenvalue weighted by Crippen LogP contribution is 2.39. The number of thioether (sulfide) groups is 1. The molecule has 166 valence electrons. The Hall–Kier alpha value is -2.19. The van der Waals surface area contributed by atoms with E-state index in [1.165, 1.54) is 11.8 Å². The van der Waals surface area contributed by atoms with Crippen molar-refractivity contribution in [1.29, 1.82) is 0 Å². The fraction of sp³-hybridized carbons (Fsp3) is 0.391. The molecule has 1 aliphatic heterocycles. The van der Waals surface area contributed by atoms with Crippen LogP contribution in [0.15, 0.2) is 45.9 Å². The maximum Gasteiger partial charge on any atom is 0.242 e. The number of hydrogen-bond donors (Lipinski definition) is 0. The Morgan fingerprint density at radius 3 is 2.48 bits per heavy atom. The highest BCUT2D eigenvalue weighted by molar-refractivity contribution is 9.10. The number of rotatable bonds is 9. The second-order valence-electron chi connectivity index (χ2n) is 6.93. The van der Waals surface area contributed by atoms with E-state index in [-0.39, 0.29) is 11.2 Å². The molecule has 0 N–H and O–H groups in total. The average Bonchev–Trinajstić information content (AvgIpc) is 3.05. The normalized spacial score (nSPS) is 17.3. The van der Waals surface area contributed by atoms with Crippen molar-refractivity contribution in [2.75, 3.05) is 27.4 Å². The molecule has 2 aromatic rings. The molecule has 1 fully saturated rings. The Labute approximate surface area is 196 Å². The molecule has 1 amide bonds. The standard InChI is InChI=1S/C23H27BrN2O4S/c1-5-11-26-22(27)20(31-23(26)25-16-7-9-17(28-3)10-8-16)14-15-12-18(24)21(30-6-2)19(13-15)29-4/h7-10,12-13,20H,5-6,11,14H2,1-4H3/t20-/m1/s1. The summed E-state index contributed by atoms with van der Waals surface area (Å²) in [5.74, 6) is 2.19. The maximum absolute atomic E-state index is 13.1. The number of benzene rings is 2. The van der Waals surface area contributed by atoms with E-state index in [9.17, 15) is 4.79 Å². The van der Waals surface area contributed by atoms with Crippen molar-refractivity contribution in [3.05, 3.63) is 46.4 Å². The van der Waals surface area contributed by atoms with Gasteiger partial charge < -0.3 is 14.2 Å². The molecular weight excluding hydrogens is 480 g/mol. The van der Waals surface area contributed by atoms with Crippen LogP contribution in [0.5, 0.6) is 17.2 Å². The van der Waals surface area contributed by atoms with E-state index in [4.69, 9.17) is 19.2 Å². The molecule has 6 nitrogen and oxygen atoms in total. The molecule has 8 heteroatoms. The third kappa shape index (κ3) is 5.54. The smallest absolute Gasteiger partial charge is 0.242 e. The third-order valence-corrected chi connectivity index (χ3v) is 6.53. The van der Waals surface area contributed by atoms with Gasteiger partial charge in [0.15, 0.2) is 16.7 Å². The minimum atomic E-state index is -0.238. The van der Waals surface area contributed by atoms with E-state index in [2.05, 4.69) is 22.9 Å². The van der Waals surface area contributed by atoms with Crippen molar-refractivity contribution in [2.24, 2.45) is 4.99 Å². The fourth-order valence-electron chi connectivity index (χ4n) is 3.31. The SMILES string of the molecule is CCCN1C(=O)[C@@H](Cc2cc(Br)c(OCC)c(OC)c2)SC1=Nc1ccc(OC)cc1. The van der Waals surface area contributed by atoms with Crippen molar-refractivity contribution < 1.29 is 19.0 Å². The quantitative estimate of drug-likeness (QED) is 0.452. The lowest BCUT2D eigenvalue weighted by molar-refractivity contribution is -0.126. The zero-order valence-corrected chi connectivity index (χ0v) is 20.6. The van der Waals surface area contributed by atoms with E-state index in [0.717, 1.165) is 33.1 Å². The van der Waals surface area contributed by atoms with Crippen LogP contribution in [-0.4, -0.2) is 48.6 Å². The second-order valence-corrected chi connectivity index (χ2v) is 8.96. The van der Waals surface area contributed by atoms with Crippen LogP contribution in [0.4, 0.5) is 5.69 Å². The summed E-state index contributed by atoms with van der Waals surface area (Å²) in [5, 5.41) is 0.497. The number of methoxy groups -OCH3 is 2. The predicted octanol–water partition coefficient (Wildman–Crippen LogP) is 5.45. The van der Waals surface area contributed by atoms with Gasteiger partial charge in [0, 0.05) is 6.54 Å². The first-order valence-electron chi connectivity index (χ1n) is 10.2. The van der Waals surface area contributed by atoms with Crippen molar-refractivity contribution >= 4 is 44.5 Å². The Balaban J connectivity index is 1.84. The van der Waals surface area contributed by atoms with Crippen molar-refractivity contribution in [1.82, 2.24) is 4.90 Å². The van der Waals surface area contributed by atoms with Gasteiger partial charge in [0.1, 0.15) is 5.75 Å². The summed E-state index contributed by atoms with van der Waals surface area (Å²) in [6.45, 7) is 5.18. The monoisotopic (exact) mass is 506 g/mol. The Morgan fingerprint density at radius 1 is 1.13 bits per heavy atom. The number of halogens is 1. The molecule has 0 radical (unpaired) electrons. The number of amidine groups is 1. The van der Waals surface area contributed by atoms with Gasteiger partial charge >= 0.3 is 0 Å². The molecule has 0 unspecified atom stereocenters. The van der Waals surface area contributed by atoms with Gasteiger partial charge in [-0.25, -0.2) is 4.99 Å². The number of aliphatic imine (C=N–C) groups is 1. The van der Waals surface area contributed by atoms with Crippen molar-refractivity contribution in [3.8, 4) is 17.2 Å². The number of amides is 1. The minimum Gasteiger partial charge on any atom is -0.497 e. The number of ether oxygens (including phenoxy) is 3. The molecule has 31 heavy (non-hydrogen) atoms. The van der Waals surface area contributed by atoms with Crippen LogP contribution >= 0.6 is 27.7 Å². The first-order chi connectivity index (χ1) is 15.0. The van der Waals surface area contributed by atoms with Crippen LogP contribution in [-0.2, 0) is 11.2 Å². The van der Waals surface area contributed by atoms with E-state index in [0.29, 0.717) is 31.1 Å². The fourth-order valence-corrected chi connectivity index (χ4v) is 5.14. The molecule has 0 spiro atoms. The largest absolute Gasteiger partial charge is 0.497 e. The van der Waals surface area contributed by atoms with Crippen LogP contribution in [0, 0.1) is 0 Å². The lowest BCUT2D eigenvalue weighted by atomic mass is 10.1. The predicted molar refractivity (Wildman–Crippen MR) is 129 cm³/mol. The summed E-state index contributed by atoms with van der Waals surface area (Å²) in [7, 11) is 3.25. The second kappa shape index (κ2) is 10.9. The lowest BCUT2D eigenvalue weighted by Gasteiger charge is -2.16. The molecule has 1 atom stereocenters. The Kier molecular flexibility index (Phi) is 8.26. The van der Waals surface area contributed by atoms with Gasteiger partial charge in [0.05, 0.1) is 36.2 Å². The summed E-state index contributed by atoms with van der Waals surface area (Å²) in [5.41, 5.74) is 1.79. The van der Waals surface area contributed by atoms with Gasteiger partial charge in [-0.05, 0) is 77.7 Å². The Morgan fingerprint density at radius 2 is 1.87 bits per heavy atom. The molecule has 0 aliphatic carbocycles. The van der Waals surface area contributed by atoms with E-state index < -0.39 is 0 Å². The summed E-state index contributed by atoms with van der Waals surface area (Å²) in [4.78, 5) is 19.7. The van der Waals surface area contributed by atoms with Gasteiger partial charge in [-0.3, -0.25) is 9.69 Å². The zero-order valence-electron chi connectivity index (χ0n) is 18.2. The number of hydrogen-bond acceptors (Lipinski definition) is 6. The topological polar surface area (TPSA) is 60.4 Å². The van der Waals surface area contributed by atoms with Gasteiger partial charge in [-0.2, -0.15) is 0 Å². The molecule has 0 saturated carbocycles. The average molecular weight is 507 g/mol. The first kappa shape index (κ1) is 23.5. The molecule has 3 rings (SSSR count). The summed E-state index contributed by atoms with van der Waals surface area (Å²) >= 11 is 5.08. The van der Waals surface area contributed by atoms with Crippen LogP contribution in [0.1, 0.15) is 25.8 Å². The molecule has 1 aliphatic rings. The minimum absolute atomic E-state index is 0.0862. The highest BCUT2D eigenvalue weighted by Gasteiger charge is 2.37. The molecule has 1 heterocycles. The molecule has 2 aromatic carbocycles. The van der Waals surface area contributed by atoms with Crippen molar-refractivity contribution in [2.45, 2.75) is 31.9 Å². The summed E-state index contributed by atoms with van der Waals surface area (Å²) in [6, 6.07) is 11.4. The highest BCUT2D eigenvalue weighted by atomic mass is 79.9. The molecule has 1 saturated heterocycles. The van der Waals surface area contributed by atoms with E-state index >= 15 is 0 Å². The van der Waals surface area contributed by atoms with Crippen LogP contribution in [0.3, 0.4) is 0 Å². The first-order valence-corrected chi connectivity index (χ1v) is 11.9. The Bertz CT molecular complexity index is 949. The number of carbonyl (C=O) groups is 1. The third-order valence-electron chi connectivity index (χ3n) is 4.76. The molecule has 0 aromatic heterocycles. The maximum atomic E-state index is 13.1. The lowest BCUT2D eigenvalue weighted by Crippen LogP contribution is -2.33. The van der Waals surface area contributed by atoms with Gasteiger partial charge in [-0.1, -0.05) is 18.7 Å². The van der Waals surface area contributed by atoms with Crippen LogP contribution in [0.2, 0.25) is 0 Å². The van der Waals surface area contributed by atoms with Gasteiger partial charge in [0.25, 0.3) is 0 Å². The van der Waals surface area contributed by atoms with Crippen LogP contribution in [0.25, 0.3) is 0 Å². The van der Waals surface area contributed by atoms with Crippen LogP contribution < -0.4 is 14.2 Å². The number of nitrogens with zero attached hydrogens (tertiary/aromatic N) is 2. The van der Waals surface area contributed by atoms with Gasteiger partial charge in [-0.15, -0.1) is 0 Å². The molecule has 0 bridgehead atoms. The molecular formula is C23H27BrN2O4S.